The lowest BCUT2D eigenvalue weighted by molar-refractivity contribution is -0.136. The number of nitrogens with one attached hydrogen (secondary N) is 1. The Bertz CT molecular complexity index is 1190. The number of esters is 1. The van der Waals surface area contributed by atoms with Gasteiger partial charge in [-0.15, -0.1) is 0 Å². The van der Waals surface area contributed by atoms with Gasteiger partial charge < -0.3 is 19.7 Å². The van der Waals surface area contributed by atoms with E-state index in [0.29, 0.717) is 22.8 Å². The van der Waals surface area contributed by atoms with Crippen LogP contribution in [0.5, 0.6) is 11.5 Å². The molecule has 2 aromatic carbocycles. The first-order valence-corrected chi connectivity index (χ1v) is 11.9. The molecule has 0 aliphatic carbocycles. The topological polar surface area (TPSA) is 80.2 Å². The summed E-state index contributed by atoms with van der Waals surface area (Å²) in [5.41, 5.74) is 2.63. The van der Waals surface area contributed by atoms with Gasteiger partial charge in [0, 0.05) is 11.7 Å². The van der Waals surface area contributed by atoms with E-state index in [1.807, 2.05) is 78.8 Å². The van der Waals surface area contributed by atoms with E-state index in [0.717, 1.165) is 16.4 Å². The summed E-state index contributed by atoms with van der Waals surface area (Å²) in [6, 6.07) is 16.6. The summed E-state index contributed by atoms with van der Waals surface area (Å²) in [6.07, 6.45) is 0.175. The molecule has 1 N–H and O–H groups in total. The Morgan fingerprint density at radius 1 is 1.12 bits per heavy atom. The highest BCUT2D eigenvalue weighted by Crippen LogP contribution is 2.45. The van der Waals surface area contributed by atoms with Crippen molar-refractivity contribution in [1.82, 2.24) is 10.2 Å². The van der Waals surface area contributed by atoms with Crippen molar-refractivity contribution >= 4 is 28.8 Å². The van der Waals surface area contributed by atoms with Crippen LogP contribution in [0.15, 0.2) is 82.0 Å². The van der Waals surface area contributed by atoms with Crippen molar-refractivity contribution in [3.8, 4) is 11.5 Å². The minimum Gasteiger partial charge on any atom is -0.466 e. The number of fused-ring (bicyclic) bond motifs is 1. The molecule has 1 atom stereocenters. The summed E-state index contributed by atoms with van der Waals surface area (Å²) < 4.78 is 11.2. The van der Waals surface area contributed by atoms with E-state index in [1.54, 1.807) is 6.92 Å². The second-order valence-corrected chi connectivity index (χ2v) is 9.11. The molecule has 7 nitrogen and oxygen atoms in total. The first-order valence-electron chi connectivity index (χ1n) is 11.0. The zero-order valence-electron chi connectivity index (χ0n) is 19.6. The number of amides is 1. The number of thioether (sulfide) groups is 1. The van der Waals surface area contributed by atoms with Crippen LogP contribution < -0.4 is 10.1 Å². The van der Waals surface area contributed by atoms with E-state index in [2.05, 4.69) is 10.3 Å². The number of allylic oxidation sites excluding steroid dienone is 1. The van der Waals surface area contributed by atoms with Gasteiger partial charge in [0.05, 0.1) is 30.8 Å². The number of aliphatic imine (C=N–C) groups is 1. The molecule has 0 aromatic heterocycles. The lowest BCUT2D eigenvalue weighted by Crippen LogP contribution is -2.38. The van der Waals surface area contributed by atoms with Crippen LogP contribution >= 0.6 is 11.8 Å². The number of hydrogen-bond donors (Lipinski definition) is 1. The molecule has 2 aliphatic heterocycles. The van der Waals surface area contributed by atoms with Crippen molar-refractivity contribution in [2.24, 2.45) is 4.99 Å². The molecular weight excluding hydrogens is 450 g/mol. The highest BCUT2D eigenvalue weighted by molar-refractivity contribution is 8.16. The van der Waals surface area contributed by atoms with Crippen molar-refractivity contribution in [2.45, 2.75) is 39.3 Å². The minimum absolute atomic E-state index is 0.0343. The molecule has 0 spiro atoms. The highest BCUT2D eigenvalue weighted by atomic mass is 32.2. The molecule has 176 valence electrons. The number of para-hydroxylation sites is 1. The average Bonchev–Trinajstić information content (AvgIpc) is 3.19. The molecule has 0 radical (unpaired) electrons. The number of carbonyl (C=O) groups excluding carboxylic acids is 2. The number of methoxy groups -OCH3 is 1. The third-order valence-electron chi connectivity index (χ3n) is 5.35. The number of hydrogen-bond acceptors (Lipinski definition) is 7. The quantitative estimate of drug-likeness (QED) is 0.556. The zero-order valence-corrected chi connectivity index (χ0v) is 20.4. The molecule has 1 amide bonds. The second kappa shape index (κ2) is 10.2. The van der Waals surface area contributed by atoms with E-state index in [9.17, 15) is 9.59 Å². The lowest BCUT2D eigenvalue weighted by atomic mass is 9.93. The number of rotatable bonds is 7. The Kier molecular flexibility index (Phi) is 7.07. The van der Waals surface area contributed by atoms with Crippen LogP contribution in [-0.2, 0) is 14.3 Å². The Morgan fingerprint density at radius 3 is 2.56 bits per heavy atom. The summed E-state index contributed by atoms with van der Waals surface area (Å²) in [4.78, 5) is 32.1. The lowest BCUT2D eigenvalue weighted by Gasteiger charge is -2.36. The van der Waals surface area contributed by atoms with E-state index in [-0.39, 0.29) is 18.4 Å². The van der Waals surface area contributed by atoms with Crippen molar-refractivity contribution in [1.29, 1.82) is 0 Å². The van der Waals surface area contributed by atoms with Gasteiger partial charge in [0.25, 0.3) is 0 Å². The van der Waals surface area contributed by atoms with Gasteiger partial charge in [0.1, 0.15) is 11.5 Å². The predicted octanol–water partition coefficient (Wildman–Crippen LogP) is 5.14. The third-order valence-corrected chi connectivity index (χ3v) is 6.24. The minimum atomic E-state index is -0.507. The van der Waals surface area contributed by atoms with Gasteiger partial charge in [-0.05, 0) is 56.0 Å². The summed E-state index contributed by atoms with van der Waals surface area (Å²) in [5, 5.41) is 5.57. The fourth-order valence-corrected chi connectivity index (χ4v) is 4.93. The summed E-state index contributed by atoms with van der Waals surface area (Å²) in [5.74, 6) is 0.814. The number of benzene rings is 2. The summed E-state index contributed by atoms with van der Waals surface area (Å²) in [6.45, 7) is 5.65. The molecule has 2 aliphatic rings. The maximum atomic E-state index is 12.9. The second-order valence-electron chi connectivity index (χ2n) is 8.27. The van der Waals surface area contributed by atoms with Crippen LogP contribution in [0.2, 0.25) is 0 Å². The largest absolute Gasteiger partial charge is 0.466 e. The van der Waals surface area contributed by atoms with Gasteiger partial charge >= 0.3 is 5.97 Å². The van der Waals surface area contributed by atoms with E-state index in [4.69, 9.17) is 9.47 Å². The van der Waals surface area contributed by atoms with Crippen molar-refractivity contribution in [2.75, 3.05) is 7.11 Å². The molecule has 0 fully saturated rings. The monoisotopic (exact) mass is 477 g/mol. The van der Waals surface area contributed by atoms with Crippen molar-refractivity contribution in [3.05, 3.63) is 82.5 Å². The van der Waals surface area contributed by atoms with Gasteiger partial charge in [0.2, 0.25) is 5.91 Å². The highest BCUT2D eigenvalue weighted by Gasteiger charge is 2.41. The van der Waals surface area contributed by atoms with Crippen LogP contribution in [0.25, 0.3) is 0 Å². The van der Waals surface area contributed by atoms with Gasteiger partial charge in [0.15, 0.2) is 5.17 Å². The number of carbonyl (C=O) groups is 2. The normalized spacial score (nSPS) is 17.2. The number of ether oxygens (including phenoxy) is 2. The Morgan fingerprint density at radius 2 is 1.85 bits per heavy atom. The molecule has 0 bridgehead atoms. The fourth-order valence-electron chi connectivity index (χ4n) is 3.97. The third kappa shape index (κ3) is 5.02. The molecule has 34 heavy (non-hydrogen) atoms. The molecule has 4 rings (SSSR count). The van der Waals surface area contributed by atoms with Crippen molar-refractivity contribution < 1.29 is 19.1 Å². The maximum absolute atomic E-state index is 12.9. The first kappa shape index (κ1) is 23.6. The van der Waals surface area contributed by atoms with Crippen LogP contribution in [0.4, 0.5) is 0 Å². The zero-order chi connectivity index (χ0) is 24.2. The van der Waals surface area contributed by atoms with E-state index >= 15 is 0 Å². The van der Waals surface area contributed by atoms with Crippen LogP contribution in [-0.4, -0.2) is 35.1 Å². The van der Waals surface area contributed by atoms with Gasteiger partial charge in [-0.25, -0.2) is 9.79 Å². The van der Waals surface area contributed by atoms with Crippen LogP contribution in [0, 0.1) is 0 Å². The smallest absolute Gasteiger partial charge is 0.338 e. The Hall–Kier alpha value is -3.52. The van der Waals surface area contributed by atoms with Crippen LogP contribution in [0.1, 0.15) is 38.8 Å². The van der Waals surface area contributed by atoms with E-state index < -0.39 is 12.0 Å². The molecule has 2 heterocycles. The summed E-state index contributed by atoms with van der Waals surface area (Å²) >= 11 is 1.44. The first-order chi connectivity index (χ1) is 16.4. The molecule has 2 aromatic rings. The molecule has 8 heteroatoms. The van der Waals surface area contributed by atoms with Gasteiger partial charge in [-0.2, -0.15) is 0 Å². The number of amidine groups is 1. The SMILES string of the molecule is COC(=O)C1=C(C)N=C2SC=C(CC(=O)NC(C)C)N2[C@H]1c1cccc(Oc2ccccc2)c1. The molecule has 0 unspecified atom stereocenters. The Balaban J connectivity index is 1.73. The standard InChI is InChI=1S/C26H27N3O4S/c1-16(2)27-22(30)14-19-15-34-26-28-17(3)23(25(31)32-4)24(29(19)26)18-9-8-12-21(13-18)33-20-10-6-5-7-11-20/h5-13,15-16,24H,14H2,1-4H3,(H,27,30)/t24-/m0/s1. The maximum Gasteiger partial charge on any atom is 0.338 e. The average molecular weight is 478 g/mol. The molecular formula is C26H27N3O4S. The molecule has 0 saturated carbocycles. The Labute approximate surface area is 203 Å². The van der Waals surface area contributed by atoms with E-state index in [1.165, 1.54) is 18.9 Å². The van der Waals surface area contributed by atoms with Gasteiger partial charge in [-0.1, -0.05) is 42.1 Å². The summed E-state index contributed by atoms with van der Waals surface area (Å²) in [7, 11) is 1.36. The molecule has 0 saturated heterocycles. The predicted molar refractivity (Wildman–Crippen MR) is 133 cm³/mol. The van der Waals surface area contributed by atoms with Crippen molar-refractivity contribution in [3.63, 3.8) is 0 Å². The van der Waals surface area contributed by atoms with Crippen LogP contribution in [0.3, 0.4) is 0 Å². The van der Waals surface area contributed by atoms with Gasteiger partial charge in [-0.3, -0.25) is 4.79 Å². The fraction of sp³-hybridized carbons (Fsp3) is 0.269. The number of nitrogens with zero attached hydrogens (tertiary/aromatic N) is 2.